The Balaban J connectivity index is 1.58. The molecule has 0 amide bonds. The molecule has 2 unspecified atom stereocenters. The molecule has 0 spiro atoms. The van der Waals surface area contributed by atoms with Crippen molar-refractivity contribution in [2.45, 2.75) is 25.0 Å². The van der Waals surface area contributed by atoms with Crippen molar-refractivity contribution >= 4 is 5.69 Å². The largest absolute Gasteiger partial charge is 0.491 e. The maximum atomic E-state index is 9.72. The van der Waals surface area contributed by atoms with Gasteiger partial charge in [0.2, 0.25) is 0 Å². The van der Waals surface area contributed by atoms with Crippen LogP contribution in [-0.2, 0) is 9.47 Å². The lowest BCUT2D eigenvalue weighted by atomic mass is 10.2. The fourth-order valence-electron chi connectivity index (χ4n) is 1.92. The Labute approximate surface area is 113 Å². The Morgan fingerprint density at radius 1 is 1.32 bits per heavy atom. The van der Waals surface area contributed by atoms with Crippen LogP contribution in [-0.4, -0.2) is 43.7 Å². The molecule has 0 aromatic heterocycles. The highest BCUT2D eigenvalue weighted by atomic mass is 16.5. The van der Waals surface area contributed by atoms with Gasteiger partial charge in [-0.25, -0.2) is 0 Å². The quantitative estimate of drug-likeness (QED) is 0.726. The summed E-state index contributed by atoms with van der Waals surface area (Å²) in [6.45, 7) is 1.82. The summed E-state index contributed by atoms with van der Waals surface area (Å²) in [5.74, 6) is 0.687. The third-order valence-corrected chi connectivity index (χ3v) is 2.96. The van der Waals surface area contributed by atoms with Gasteiger partial charge < -0.3 is 25.1 Å². The van der Waals surface area contributed by atoms with Gasteiger partial charge in [-0.15, -0.1) is 0 Å². The number of nitrogen functional groups attached to an aromatic ring is 1. The summed E-state index contributed by atoms with van der Waals surface area (Å²) < 4.78 is 16.3. The molecule has 1 heterocycles. The van der Waals surface area contributed by atoms with E-state index in [0.29, 0.717) is 18.0 Å². The second-order valence-electron chi connectivity index (χ2n) is 4.71. The second-order valence-corrected chi connectivity index (χ2v) is 4.71. The maximum Gasteiger partial charge on any atom is 0.119 e. The Hall–Kier alpha value is -1.30. The van der Waals surface area contributed by atoms with Crippen LogP contribution in [0.25, 0.3) is 0 Å². The number of ether oxygens (including phenoxy) is 3. The normalized spacial score (nSPS) is 20.4. The van der Waals surface area contributed by atoms with Gasteiger partial charge in [-0.05, 0) is 37.1 Å². The molecule has 5 nitrogen and oxygen atoms in total. The molecule has 0 saturated carbocycles. The molecular formula is C14H21NO4. The van der Waals surface area contributed by atoms with Crippen molar-refractivity contribution in [2.24, 2.45) is 0 Å². The fourth-order valence-corrected chi connectivity index (χ4v) is 1.92. The third kappa shape index (κ3) is 5.06. The molecule has 1 aromatic rings. The van der Waals surface area contributed by atoms with Crippen LogP contribution in [0.2, 0.25) is 0 Å². The lowest BCUT2D eigenvalue weighted by molar-refractivity contribution is -0.0277. The van der Waals surface area contributed by atoms with Gasteiger partial charge in [0.25, 0.3) is 0 Å². The number of aliphatic hydroxyl groups excluding tert-OH is 1. The van der Waals surface area contributed by atoms with Gasteiger partial charge in [-0.3, -0.25) is 0 Å². The molecule has 0 aliphatic carbocycles. The molecule has 1 aliphatic rings. The molecule has 19 heavy (non-hydrogen) atoms. The van der Waals surface area contributed by atoms with E-state index in [1.54, 1.807) is 24.3 Å². The predicted octanol–water partition coefficient (Wildman–Crippen LogP) is 1.20. The first kappa shape index (κ1) is 14.1. The molecule has 106 valence electrons. The molecule has 2 atom stereocenters. The summed E-state index contributed by atoms with van der Waals surface area (Å²) in [7, 11) is 0. The molecule has 1 fully saturated rings. The van der Waals surface area contributed by atoms with Gasteiger partial charge >= 0.3 is 0 Å². The zero-order valence-corrected chi connectivity index (χ0v) is 11.0. The van der Waals surface area contributed by atoms with Crippen LogP contribution in [0.5, 0.6) is 5.75 Å². The van der Waals surface area contributed by atoms with Crippen molar-refractivity contribution in [3.8, 4) is 5.75 Å². The summed E-state index contributed by atoms with van der Waals surface area (Å²) >= 11 is 0. The smallest absolute Gasteiger partial charge is 0.119 e. The van der Waals surface area contributed by atoms with Gasteiger partial charge in [0.05, 0.1) is 19.3 Å². The first-order chi connectivity index (χ1) is 9.24. The summed E-state index contributed by atoms with van der Waals surface area (Å²) in [5, 5.41) is 9.72. The van der Waals surface area contributed by atoms with Gasteiger partial charge in [0.15, 0.2) is 0 Å². The van der Waals surface area contributed by atoms with E-state index in [0.717, 1.165) is 19.4 Å². The highest BCUT2D eigenvalue weighted by Gasteiger charge is 2.16. The predicted molar refractivity (Wildman–Crippen MR) is 72.1 cm³/mol. The lowest BCUT2D eigenvalue weighted by Gasteiger charge is -2.14. The van der Waals surface area contributed by atoms with Gasteiger partial charge in [0, 0.05) is 12.3 Å². The van der Waals surface area contributed by atoms with Crippen LogP contribution >= 0.6 is 0 Å². The SMILES string of the molecule is Nc1ccc(OCC(O)COCC2CCCO2)cc1. The molecule has 3 N–H and O–H groups in total. The fraction of sp³-hybridized carbons (Fsp3) is 0.571. The van der Waals surface area contributed by atoms with Crippen molar-refractivity contribution in [1.29, 1.82) is 0 Å². The molecule has 5 heteroatoms. The minimum absolute atomic E-state index is 0.185. The highest BCUT2D eigenvalue weighted by molar-refractivity contribution is 5.41. The molecular weight excluding hydrogens is 246 g/mol. The van der Waals surface area contributed by atoms with Crippen molar-refractivity contribution in [3.05, 3.63) is 24.3 Å². The van der Waals surface area contributed by atoms with E-state index in [-0.39, 0.29) is 19.3 Å². The summed E-state index contributed by atoms with van der Waals surface area (Å²) in [5.41, 5.74) is 6.26. The molecule has 1 aromatic carbocycles. The van der Waals surface area contributed by atoms with Crippen LogP contribution < -0.4 is 10.5 Å². The number of aliphatic hydroxyl groups is 1. The third-order valence-electron chi connectivity index (χ3n) is 2.96. The Morgan fingerprint density at radius 3 is 2.79 bits per heavy atom. The molecule has 2 rings (SSSR count). The van der Waals surface area contributed by atoms with Gasteiger partial charge in [0.1, 0.15) is 18.5 Å². The molecule has 0 bridgehead atoms. The monoisotopic (exact) mass is 267 g/mol. The highest BCUT2D eigenvalue weighted by Crippen LogP contribution is 2.14. The molecule has 0 radical (unpaired) electrons. The zero-order valence-electron chi connectivity index (χ0n) is 11.0. The topological polar surface area (TPSA) is 73.9 Å². The van der Waals surface area contributed by atoms with E-state index in [1.807, 2.05) is 0 Å². The van der Waals surface area contributed by atoms with Crippen LogP contribution in [0.15, 0.2) is 24.3 Å². The van der Waals surface area contributed by atoms with Crippen LogP contribution in [0, 0.1) is 0 Å². The Kier molecular flexibility index (Phi) is 5.44. The number of hydrogen-bond donors (Lipinski definition) is 2. The van der Waals surface area contributed by atoms with Crippen LogP contribution in [0.1, 0.15) is 12.8 Å². The number of rotatable bonds is 7. The first-order valence-corrected chi connectivity index (χ1v) is 6.60. The number of nitrogens with two attached hydrogens (primary N) is 1. The molecule has 1 aliphatic heterocycles. The van der Waals surface area contributed by atoms with E-state index < -0.39 is 6.10 Å². The van der Waals surface area contributed by atoms with E-state index in [9.17, 15) is 5.11 Å². The van der Waals surface area contributed by atoms with E-state index in [1.165, 1.54) is 0 Å². The standard InChI is InChI=1S/C14H21NO4/c15-11-3-5-13(6-4-11)19-9-12(16)8-17-10-14-2-1-7-18-14/h3-6,12,14,16H,1-2,7-10,15H2. The van der Waals surface area contributed by atoms with Crippen LogP contribution in [0.4, 0.5) is 5.69 Å². The summed E-state index contributed by atoms with van der Waals surface area (Å²) in [6, 6.07) is 7.07. The van der Waals surface area contributed by atoms with Crippen molar-refractivity contribution in [3.63, 3.8) is 0 Å². The number of hydrogen-bond acceptors (Lipinski definition) is 5. The minimum Gasteiger partial charge on any atom is -0.491 e. The number of benzene rings is 1. The van der Waals surface area contributed by atoms with Crippen molar-refractivity contribution in [1.82, 2.24) is 0 Å². The molecule has 1 saturated heterocycles. The van der Waals surface area contributed by atoms with Gasteiger partial charge in [-0.1, -0.05) is 0 Å². The minimum atomic E-state index is -0.640. The number of anilines is 1. The first-order valence-electron chi connectivity index (χ1n) is 6.60. The lowest BCUT2D eigenvalue weighted by Crippen LogP contribution is -2.26. The average Bonchev–Trinajstić information content (AvgIpc) is 2.91. The summed E-state index contributed by atoms with van der Waals surface area (Å²) in [4.78, 5) is 0. The Morgan fingerprint density at radius 2 is 2.11 bits per heavy atom. The van der Waals surface area contributed by atoms with E-state index in [2.05, 4.69) is 0 Å². The average molecular weight is 267 g/mol. The summed E-state index contributed by atoms with van der Waals surface area (Å²) in [6.07, 6.45) is 1.68. The van der Waals surface area contributed by atoms with Crippen molar-refractivity contribution < 1.29 is 19.3 Å². The van der Waals surface area contributed by atoms with Gasteiger partial charge in [-0.2, -0.15) is 0 Å². The zero-order chi connectivity index (χ0) is 13.5. The Bertz CT molecular complexity index is 362. The van der Waals surface area contributed by atoms with E-state index in [4.69, 9.17) is 19.9 Å². The second kappa shape index (κ2) is 7.33. The van der Waals surface area contributed by atoms with Crippen LogP contribution in [0.3, 0.4) is 0 Å². The van der Waals surface area contributed by atoms with Crippen molar-refractivity contribution in [2.75, 3.05) is 32.2 Å². The van der Waals surface area contributed by atoms with E-state index >= 15 is 0 Å². The maximum absolute atomic E-state index is 9.72.